The molecule has 3 heterocycles. The minimum atomic E-state index is -0.570. The molecular weight excluding hydrogens is 390 g/mol. The number of benzene rings is 1. The van der Waals surface area contributed by atoms with Gasteiger partial charge in [0.15, 0.2) is 0 Å². The van der Waals surface area contributed by atoms with Gasteiger partial charge in [0.05, 0.1) is 4.87 Å². The Bertz CT molecular complexity index is 1060. The molecule has 7 heteroatoms. The van der Waals surface area contributed by atoms with E-state index < -0.39 is 17.6 Å². The number of amides is 1. The molecule has 2 aliphatic heterocycles. The number of hydrogen-bond donors (Lipinski definition) is 0. The molecule has 2 fully saturated rings. The van der Waals surface area contributed by atoms with Gasteiger partial charge in [-0.1, -0.05) is 13.8 Å². The van der Waals surface area contributed by atoms with Crippen LogP contribution < -0.4 is 5.63 Å². The number of nitrogens with zero attached hydrogens (tertiary/aromatic N) is 1. The summed E-state index contributed by atoms with van der Waals surface area (Å²) in [5.74, 6) is 0.433. The van der Waals surface area contributed by atoms with Crippen LogP contribution in [0.2, 0.25) is 0 Å². The van der Waals surface area contributed by atoms with Crippen LogP contribution in [0, 0.1) is 6.92 Å². The number of carbonyl (C=O) groups excluding carboxylic acids is 2. The summed E-state index contributed by atoms with van der Waals surface area (Å²) in [6.45, 7) is 8.18. The summed E-state index contributed by atoms with van der Waals surface area (Å²) in [6.07, 6.45) is 1.22. The first-order valence-electron chi connectivity index (χ1n) is 9.89. The highest BCUT2D eigenvalue weighted by Crippen LogP contribution is 2.47. The van der Waals surface area contributed by atoms with Gasteiger partial charge in [-0.3, -0.25) is 4.79 Å². The molecule has 0 N–H and O–H groups in total. The lowest BCUT2D eigenvalue weighted by Crippen LogP contribution is -2.46. The van der Waals surface area contributed by atoms with Crippen molar-refractivity contribution in [3.8, 4) is 0 Å². The standard InChI is InChI=1S/C22H25NO5S/c1-12(2)15-9-16-14(8-20(25)28-18(16)7-13(15)3)10-27-21(26)17-11-29-22(4)6-5-19(24)23(17)22/h7-9,12,17H,5-6,10-11H2,1-4H3. The second-order valence-electron chi connectivity index (χ2n) is 8.32. The fourth-order valence-electron chi connectivity index (χ4n) is 4.37. The number of ether oxygens (including phenoxy) is 1. The molecule has 1 amide bonds. The third-order valence-electron chi connectivity index (χ3n) is 5.93. The van der Waals surface area contributed by atoms with Crippen molar-refractivity contribution < 1.29 is 18.7 Å². The third-order valence-corrected chi connectivity index (χ3v) is 7.43. The van der Waals surface area contributed by atoms with Crippen LogP contribution in [0.1, 0.15) is 56.2 Å². The normalized spacial score (nSPS) is 23.8. The number of thioether (sulfide) groups is 1. The molecule has 4 rings (SSSR count). The van der Waals surface area contributed by atoms with Gasteiger partial charge in [-0.15, -0.1) is 11.8 Å². The van der Waals surface area contributed by atoms with Crippen molar-refractivity contribution in [3.63, 3.8) is 0 Å². The minimum Gasteiger partial charge on any atom is -0.459 e. The van der Waals surface area contributed by atoms with E-state index in [-0.39, 0.29) is 17.4 Å². The van der Waals surface area contributed by atoms with Crippen molar-refractivity contribution in [1.82, 2.24) is 4.90 Å². The predicted molar refractivity (Wildman–Crippen MR) is 112 cm³/mol. The zero-order valence-electron chi connectivity index (χ0n) is 17.1. The summed E-state index contributed by atoms with van der Waals surface area (Å²) in [6, 6.07) is 4.68. The Morgan fingerprint density at radius 3 is 2.83 bits per heavy atom. The summed E-state index contributed by atoms with van der Waals surface area (Å²) in [4.78, 5) is 38.4. The van der Waals surface area contributed by atoms with Crippen molar-refractivity contribution in [2.24, 2.45) is 0 Å². The van der Waals surface area contributed by atoms with Crippen LogP contribution in [-0.2, 0) is 20.9 Å². The Balaban J connectivity index is 1.60. The molecule has 2 saturated heterocycles. The molecule has 2 atom stereocenters. The van der Waals surface area contributed by atoms with Crippen LogP contribution in [0.5, 0.6) is 0 Å². The zero-order valence-corrected chi connectivity index (χ0v) is 17.9. The number of rotatable bonds is 4. The molecule has 0 bridgehead atoms. The van der Waals surface area contributed by atoms with Gasteiger partial charge in [-0.25, -0.2) is 9.59 Å². The number of esters is 1. The van der Waals surface area contributed by atoms with Crippen LogP contribution in [0.15, 0.2) is 27.4 Å². The van der Waals surface area contributed by atoms with E-state index >= 15 is 0 Å². The molecule has 2 aliphatic rings. The van der Waals surface area contributed by atoms with E-state index in [2.05, 4.69) is 13.8 Å². The number of hydrogen-bond acceptors (Lipinski definition) is 6. The number of aryl methyl sites for hydroxylation is 1. The molecule has 0 saturated carbocycles. The Morgan fingerprint density at radius 1 is 1.34 bits per heavy atom. The van der Waals surface area contributed by atoms with Crippen LogP contribution >= 0.6 is 11.8 Å². The number of carbonyl (C=O) groups is 2. The van der Waals surface area contributed by atoms with Crippen LogP contribution in [0.4, 0.5) is 0 Å². The second kappa shape index (κ2) is 7.20. The zero-order chi connectivity index (χ0) is 20.9. The highest BCUT2D eigenvalue weighted by atomic mass is 32.2. The summed E-state index contributed by atoms with van der Waals surface area (Å²) in [5, 5.41) is 0.773. The molecule has 0 spiro atoms. The van der Waals surface area contributed by atoms with Crippen LogP contribution in [0.3, 0.4) is 0 Å². The van der Waals surface area contributed by atoms with E-state index in [9.17, 15) is 14.4 Å². The molecule has 29 heavy (non-hydrogen) atoms. The first kappa shape index (κ1) is 20.0. The Morgan fingerprint density at radius 2 is 2.10 bits per heavy atom. The topological polar surface area (TPSA) is 76.8 Å². The van der Waals surface area contributed by atoms with Crippen molar-refractivity contribution >= 4 is 34.6 Å². The Labute approximate surface area is 173 Å². The van der Waals surface area contributed by atoms with Gasteiger partial charge in [0.2, 0.25) is 5.91 Å². The molecule has 2 unspecified atom stereocenters. The highest BCUT2D eigenvalue weighted by molar-refractivity contribution is 8.01. The van der Waals surface area contributed by atoms with Gasteiger partial charge in [0.25, 0.3) is 0 Å². The summed E-state index contributed by atoms with van der Waals surface area (Å²) >= 11 is 1.63. The van der Waals surface area contributed by atoms with Crippen LogP contribution in [0.25, 0.3) is 11.0 Å². The summed E-state index contributed by atoms with van der Waals surface area (Å²) in [7, 11) is 0. The average molecular weight is 416 g/mol. The van der Waals surface area contributed by atoms with Gasteiger partial charge < -0.3 is 14.1 Å². The summed E-state index contributed by atoms with van der Waals surface area (Å²) < 4.78 is 10.9. The van der Waals surface area contributed by atoms with E-state index in [0.29, 0.717) is 29.2 Å². The molecule has 0 radical (unpaired) electrons. The maximum atomic E-state index is 12.8. The molecule has 6 nitrogen and oxygen atoms in total. The lowest BCUT2D eigenvalue weighted by atomic mass is 9.95. The SMILES string of the molecule is Cc1cc2oc(=O)cc(COC(=O)C3CSC4(C)CCC(=O)N34)c2cc1C(C)C. The Kier molecular flexibility index (Phi) is 4.97. The third kappa shape index (κ3) is 3.45. The smallest absolute Gasteiger partial charge is 0.336 e. The first-order chi connectivity index (χ1) is 13.7. The molecule has 1 aromatic heterocycles. The highest BCUT2D eigenvalue weighted by Gasteiger charge is 2.53. The fourth-order valence-corrected chi connectivity index (χ4v) is 5.79. The monoisotopic (exact) mass is 415 g/mol. The second-order valence-corrected chi connectivity index (χ2v) is 9.83. The maximum Gasteiger partial charge on any atom is 0.336 e. The van der Waals surface area contributed by atoms with Crippen LogP contribution in [-0.4, -0.2) is 33.4 Å². The van der Waals surface area contributed by atoms with E-state index in [1.54, 1.807) is 16.7 Å². The summed E-state index contributed by atoms with van der Waals surface area (Å²) in [5.41, 5.74) is 2.85. The van der Waals surface area contributed by atoms with Gasteiger partial charge >= 0.3 is 11.6 Å². The van der Waals surface area contributed by atoms with Gasteiger partial charge in [-0.05, 0) is 49.4 Å². The largest absolute Gasteiger partial charge is 0.459 e. The molecular formula is C22H25NO5S. The maximum absolute atomic E-state index is 12.8. The van der Waals surface area contributed by atoms with Gasteiger partial charge in [-0.2, -0.15) is 0 Å². The lowest BCUT2D eigenvalue weighted by molar-refractivity contribution is -0.154. The lowest BCUT2D eigenvalue weighted by Gasteiger charge is -2.29. The van der Waals surface area contributed by atoms with Crippen molar-refractivity contribution in [2.45, 2.75) is 64.0 Å². The van der Waals surface area contributed by atoms with Crippen molar-refractivity contribution in [3.05, 3.63) is 45.3 Å². The number of fused-ring (bicyclic) bond motifs is 2. The molecule has 1 aromatic carbocycles. The predicted octanol–water partition coefficient (Wildman–Crippen LogP) is 3.72. The molecule has 0 aliphatic carbocycles. The average Bonchev–Trinajstić information content (AvgIpc) is 3.14. The Hall–Kier alpha value is -2.28. The van der Waals surface area contributed by atoms with Gasteiger partial charge in [0.1, 0.15) is 18.2 Å². The van der Waals surface area contributed by atoms with Crippen molar-refractivity contribution in [1.29, 1.82) is 0 Å². The fraction of sp³-hybridized carbons (Fsp3) is 0.500. The van der Waals surface area contributed by atoms with Crippen molar-refractivity contribution in [2.75, 3.05) is 5.75 Å². The van der Waals surface area contributed by atoms with E-state index in [4.69, 9.17) is 9.15 Å². The molecule has 2 aromatic rings. The quantitative estimate of drug-likeness (QED) is 0.560. The van der Waals surface area contributed by atoms with E-state index in [1.807, 2.05) is 26.0 Å². The molecule has 154 valence electrons. The van der Waals surface area contributed by atoms with Gasteiger partial charge in [0, 0.05) is 29.2 Å². The minimum absolute atomic E-state index is 0.00213. The first-order valence-corrected chi connectivity index (χ1v) is 10.9. The van der Waals surface area contributed by atoms with E-state index in [0.717, 1.165) is 22.9 Å². The van der Waals surface area contributed by atoms with E-state index in [1.165, 1.54) is 6.07 Å².